The highest BCUT2D eigenvalue weighted by Crippen LogP contribution is 2.43. The van der Waals surface area contributed by atoms with Crippen molar-refractivity contribution in [3.05, 3.63) is 82.1 Å². The second-order valence-corrected chi connectivity index (χ2v) is 14.7. The van der Waals surface area contributed by atoms with Crippen LogP contribution in [0.1, 0.15) is 34.3 Å². The van der Waals surface area contributed by atoms with E-state index in [1.807, 2.05) is 0 Å². The molecular weight excluding hydrogens is 468 g/mol. The molecule has 0 unspecified atom stereocenters. The Morgan fingerprint density at radius 3 is 2.50 bits per heavy atom. The van der Waals surface area contributed by atoms with Crippen molar-refractivity contribution in [2.75, 3.05) is 31.1 Å². The number of nitrogens with zero attached hydrogens (tertiary/aromatic N) is 2. The highest BCUT2D eigenvalue weighted by molar-refractivity contribution is 6.98. The van der Waals surface area contributed by atoms with Gasteiger partial charge in [-0.1, -0.05) is 19.2 Å². The second kappa shape index (κ2) is 8.45. The number of hydrogen-bond acceptors (Lipinski definition) is 4. The molecule has 0 spiro atoms. The molecule has 2 fully saturated rings. The Kier molecular flexibility index (Phi) is 5.33. The number of allylic oxidation sites excluding steroid dienone is 5. The summed E-state index contributed by atoms with van der Waals surface area (Å²) >= 11 is 0. The van der Waals surface area contributed by atoms with Gasteiger partial charge in [-0.3, -0.25) is 4.79 Å². The molecule has 0 amide bonds. The molecule has 0 atom stereocenters. The first-order chi connectivity index (χ1) is 17.4. The summed E-state index contributed by atoms with van der Waals surface area (Å²) in [6.45, 7) is 9.45. The van der Waals surface area contributed by atoms with E-state index in [4.69, 9.17) is 4.74 Å². The summed E-state index contributed by atoms with van der Waals surface area (Å²) in [5.74, 6) is -0.674. The van der Waals surface area contributed by atoms with Gasteiger partial charge in [-0.2, -0.15) is 0 Å². The van der Waals surface area contributed by atoms with E-state index in [-0.39, 0.29) is 5.56 Å². The van der Waals surface area contributed by atoms with E-state index in [0.29, 0.717) is 17.8 Å². The molecule has 1 aliphatic carbocycles. The van der Waals surface area contributed by atoms with Crippen molar-refractivity contribution in [1.82, 2.24) is 0 Å². The summed E-state index contributed by atoms with van der Waals surface area (Å²) in [4.78, 5) is 25.8. The largest absolute Gasteiger partial charge is 0.478 e. The quantitative estimate of drug-likeness (QED) is 0.387. The van der Waals surface area contributed by atoms with Crippen LogP contribution in [0, 0.1) is 0 Å². The molecule has 0 saturated carbocycles. The Hall–Kier alpha value is -3.71. The van der Waals surface area contributed by atoms with Gasteiger partial charge < -0.3 is 14.7 Å². The van der Waals surface area contributed by atoms with Crippen molar-refractivity contribution in [1.29, 1.82) is 0 Å². The highest BCUT2D eigenvalue weighted by atomic mass is 28.3. The van der Waals surface area contributed by atoms with Crippen molar-refractivity contribution in [2.45, 2.75) is 25.9 Å². The van der Waals surface area contributed by atoms with Crippen LogP contribution in [-0.2, 0) is 4.79 Å². The number of benzene rings is 2. The second-order valence-electron chi connectivity index (χ2n) is 10.4. The smallest absolute Gasteiger partial charge is 0.336 e. The minimum Gasteiger partial charge on any atom is -0.478 e. The first-order valence-corrected chi connectivity index (χ1v) is 15.5. The van der Waals surface area contributed by atoms with E-state index in [1.54, 1.807) is 6.07 Å². The number of carboxylic acid groups (broad SMARTS) is 1. The Bertz CT molecular complexity index is 1440. The highest BCUT2D eigenvalue weighted by Gasteiger charge is 2.41. The van der Waals surface area contributed by atoms with Crippen LogP contribution in [0.25, 0.3) is 5.57 Å². The summed E-state index contributed by atoms with van der Waals surface area (Å²) in [5, 5.41) is 12.7. The predicted octanol–water partition coefficient (Wildman–Crippen LogP) is 3.75. The van der Waals surface area contributed by atoms with Crippen LogP contribution in [0.2, 0.25) is 13.1 Å². The molecule has 2 aromatic rings. The van der Waals surface area contributed by atoms with Gasteiger partial charge in [-0.25, -0.2) is 9.37 Å². The minimum atomic E-state index is -2.12. The fourth-order valence-corrected chi connectivity index (χ4v) is 8.77. The molecule has 7 heteroatoms. The summed E-state index contributed by atoms with van der Waals surface area (Å²) < 4.78 is 7.54. The maximum absolute atomic E-state index is 12.3. The number of rotatable bonds is 5. The Morgan fingerprint density at radius 1 is 1.06 bits per heavy atom. The lowest BCUT2D eigenvalue weighted by Crippen LogP contribution is -2.50. The lowest BCUT2D eigenvalue weighted by atomic mass is 9.87. The van der Waals surface area contributed by atoms with Crippen LogP contribution in [0.3, 0.4) is 0 Å². The Labute approximate surface area is 211 Å². The predicted molar refractivity (Wildman–Crippen MR) is 143 cm³/mol. The van der Waals surface area contributed by atoms with Crippen molar-refractivity contribution >= 4 is 42.7 Å². The number of aromatic carboxylic acids is 1. The number of anilines is 1. The lowest BCUT2D eigenvalue weighted by Gasteiger charge is -2.40. The van der Waals surface area contributed by atoms with Crippen molar-refractivity contribution < 1.29 is 24.0 Å². The fourth-order valence-electron chi connectivity index (χ4n) is 5.70. The van der Waals surface area contributed by atoms with E-state index in [1.165, 1.54) is 46.8 Å². The van der Waals surface area contributed by atoms with Crippen molar-refractivity contribution in [3.63, 3.8) is 0 Å². The average Bonchev–Trinajstić information content (AvgIpc) is 2.78. The maximum Gasteiger partial charge on any atom is 0.336 e. The van der Waals surface area contributed by atoms with E-state index in [2.05, 4.69) is 59.0 Å². The monoisotopic (exact) mass is 497 g/mol. The van der Waals surface area contributed by atoms with Gasteiger partial charge >= 0.3 is 5.97 Å². The normalized spacial score (nSPS) is 19.6. The average molecular weight is 498 g/mol. The summed E-state index contributed by atoms with van der Waals surface area (Å²) in [6.07, 6.45) is 9.09. The molecule has 36 heavy (non-hydrogen) atoms. The first-order valence-electron chi connectivity index (χ1n) is 12.5. The Balaban J connectivity index is 1.65. The van der Waals surface area contributed by atoms with Crippen molar-refractivity contribution in [2.24, 2.45) is 0 Å². The molecule has 1 N–H and O–H groups in total. The van der Waals surface area contributed by atoms with Gasteiger partial charge in [0.05, 0.1) is 12.0 Å². The molecule has 182 valence electrons. The third-order valence-electron chi connectivity index (χ3n) is 8.01. The fraction of sp³-hybridized carbons (Fsp3) is 0.276. The zero-order chi connectivity index (χ0) is 25.0. The van der Waals surface area contributed by atoms with Crippen LogP contribution < -0.4 is 14.8 Å². The van der Waals surface area contributed by atoms with E-state index in [0.717, 1.165) is 42.9 Å². The molecule has 3 aliphatic heterocycles. The third kappa shape index (κ3) is 3.49. The first kappa shape index (κ1) is 22.7. The van der Waals surface area contributed by atoms with Crippen molar-refractivity contribution in [3.8, 4) is 5.75 Å². The number of carboxylic acids is 1. The topological polar surface area (TPSA) is 69.8 Å². The van der Waals surface area contributed by atoms with Crippen LogP contribution in [0.15, 0.2) is 65.4 Å². The van der Waals surface area contributed by atoms with Gasteiger partial charge in [-0.05, 0) is 69.9 Å². The summed E-state index contributed by atoms with van der Waals surface area (Å²) in [6, 6.07) is 11.4. The molecule has 6 rings (SSSR count). The zero-order valence-electron chi connectivity index (χ0n) is 20.6. The zero-order valence-corrected chi connectivity index (χ0v) is 21.6. The van der Waals surface area contributed by atoms with Gasteiger partial charge in [0.2, 0.25) is 0 Å². The van der Waals surface area contributed by atoms with Crippen LogP contribution in [0.5, 0.6) is 5.75 Å². The van der Waals surface area contributed by atoms with Crippen LogP contribution in [-0.4, -0.2) is 62.1 Å². The van der Waals surface area contributed by atoms with E-state index in [9.17, 15) is 14.7 Å². The molecule has 4 aliphatic rings. The molecular formula is C29H29N2O4Si+. The van der Waals surface area contributed by atoms with Gasteiger partial charge in [0.15, 0.2) is 5.71 Å². The molecule has 6 nitrogen and oxygen atoms in total. The number of ether oxygens (including phenoxy) is 1. The van der Waals surface area contributed by atoms with Crippen LogP contribution >= 0.6 is 0 Å². The van der Waals surface area contributed by atoms with Gasteiger partial charge in [0, 0.05) is 36.5 Å². The molecule has 3 heterocycles. The molecule has 0 aromatic heterocycles. The molecule has 0 bridgehead atoms. The SMILES string of the molecule is C[Si]1(C)C2=CC(=[N+]3CCC3)C=CC2=C(c2cc(OC=O)ccc2C(=O)O)c2ccc(N3CCC3)cc21. The Morgan fingerprint density at radius 2 is 1.86 bits per heavy atom. The van der Waals surface area contributed by atoms with Gasteiger partial charge in [0.1, 0.15) is 26.9 Å². The number of fused-ring (bicyclic) bond motifs is 2. The number of carbonyl (C=O) groups is 2. The third-order valence-corrected chi connectivity index (χ3v) is 11.5. The van der Waals surface area contributed by atoms with Gasteiger partial charge in [-0.15, -0.1) is 0 Å². The van der Waals surface area contributed by atoms with E-state index < -0.39 is 14.0 Å². The number of carbonyl (C=O) groups excluding carboxylic acids is 1. The molecule has 2 aromatic carbocycles. The number of hydrogen-bond donors (Lipinski definition) is 1. The van der Waals surface area contributed by atoms with E-state index >= 15 is 0 Å². The molecule has 0 radical (unpaired) electrons. The maximum atomic E-state index is 12.3. The molecule has 2 saturated heterocycles. The van der Waals surface area contributed by atoms with Crippen LogP contribution in [0.4, 0.5) is 5.69 Å². The minimum absolute atomic E-state index is 0.195. The summed E-state index contributed by atoms with van der Waals surface area (Å²) in [5.41, 5.74) is 6.28. The standard InChI is InChI=1S/C29H28N2O4Si/c1-36(2)26-15-19(30-11-3-12-30)5-8-23(26)28(24-9-6-20(16-27(24)36)31-13-4-14-31)25-17-21(35-18-32)7-10-22(25)29(33)34/h5-10,15-18H,3-4,11-14H2,1-2H3/p+1. The lowest BCUT2D eigenvalue weighted by molar-refractivity contribution is -0.582. The van der Waals surface area contributed by atoms with Gasteiger partial charge in [0.25, 0.3) is 6.47 Å². The summed E-state index contributed by atoms with van der Waals surface area (Å²) in [7, 11) is -2.12.